The Morgan fingerprint density at radius 1 is 1.67 bits per heavy atom. The molecule has 1 atom stereocenters. The van der Waals surface area contributed by atoms with Gasteiger partial charge in [0.25, 0.3) is 0 Å². The van der Waals surface area contributed by atoms with E-state index in [4.69, 9.17) is 9.84 Å². The Balaban J connectivity index is 2.13. The number of halogens is 1. The SMILES string of the molecule is O=C(O)C[C@H]1COc2cc(Br)ccc2N1. The first-order valence-electron chi connectivity index (χ1n) is 4.56. The second-order valence-electron chi connectivity index (χ2n) is 3.39. The molecule has 0 bridgehead atoms. The molecule has 0 aliphatic carbocycles. The molecule has 0 amide bonds. The molecule has 0 radical (unpaired) electrons. The summed E-state index contributed by atoms with van der Waals surface area (Å²) < 4.78 is 6.41. The average Bonchev–Trinajstić information content (AvgIpc) is 2.17. The lowest BCUT2D eigenvalue weighted by atomic mass is 10.1. The normalized spacial score (nSPS) is 18.6. The van der Waals surface area contributed by atoms with Gasteiger partial charge in [0.05, 0.1) is 18.2 Å². The predicted octanol–water partition coefficient (Wildman–Crippen LogP) is 2.10. The summed E-state index contributed by atoms with van der Waals surface area (Å²) in [5, 5.41) is 11.8. The van der Waals surface area contributed by atoms with Crippen molar-refractivity contribution in [2.24, 2.45) is 0 Å². The van der Waals surface area contributed by atoms with E-state index in [1.165, 1.54) is 0 Å². The summed E-state index contributed by atoms with van der Waals surface area (Å²) in [4.78, 5) is 10.5. The van der Waals surface area contributed by atoms with Gasteiger partial charge in [-0.3, -0.25) is 4.79 Å². The molecule has 80 valence electrons. The van der Waals surface area contributed by atoms with Crippen LogP contribution in [0.3, 0.4) is 0 Å². The first-order chi connectivity index (χ1) is 7.15. The number of ether oxygens (including phenoxy) is 1. The molecule has 0 aromatic heterocycles. The molecule has 4 nitrogen and oxygen atoms in total. The fourth-order valence-corrected chi connectivity index (χ4v) is 1.85. The van der Waals surface area contributed by atoms with Crippen LogP contribution in [0.25, 0.3) is 0 Å². The molecule has 1 aliphatic heterocycles. The van der Waals surface area contributed by atoms with E-state index in [0.717, 1.165) is 15.9 Å². The molecular formula is C10H10BrNO3. The summed E-state index contributed by atoms with van der Waals surface area (Å²) in [7, 11) is 0. The van der Waals surface area contributed by atoms with Crippen molar-refractivity contribution in [3.63, 3.8) is 0 Å². The molecule has 1 aromatic carbocycles. The number of nitrogens with one attached hydrogen (secondary N) is 1. The Labute approximate surface area is 95.4 Å². The van der Waals surface area contributed by atoms with E-state index in [2.05, 4.69) is 21.2 Å². The third-order valence-corrected chi connectivity index (χ3v) is 2.66. The van der Waals surface area contributed by atoms with Crippen LogP contribution in [0, 0.1) is 0 Å². The molecule has 5 heteroatoms. The molecule has 1 aromatic rings. The molecule has 2 rings (SSSR count). The molecule has 1 heterocycles. The highest BCUT2D eigenvalue weighted by Gasteiger charge is 2.20. The average molecular weight is 272 g/mol. The number of carboxylic acids is 1. The number of anilines is 1. The van der Waals surface area contributed by atoms with E-state index in [1.54, 1.807) is 0 Å². The largest absolute Gasteiger partial charge is 0.489 e. The van der Waals surface area contributed by atoms with Gasteiger partial charge in [0.1, 0.15) is 12.4 Å². The molecule has 1 aliphatic rings. The number of benzene rings is 1. The van der Waals surface area contributed by atoms with Crippen LogP contribution in [-0.4, -0.2) is 23.7 Å². The van der Waals surface area contributed by atoms with Crippen LogP contribution < -0.4 is 10.1 Å². The van der Waals surface area contributed by atoms with Crippen LogP contribution in [0.15, 0.2) is 22.7 Å². The van der Waals surface area contributed by atoms with Gasteiger partial charge in [0, 0.05) is 4.47 Å². The number of carbonyl (C=O) groups is 1. The van der Waals surface area contributed by atoms with Crippen molar-refractivity contribution < 1.29 is 14.6 Å². The number of fused-ring (bicyclic) bond motifs is 1. The van der Waals surface area contributed by atoms with Crippen molar-refractivity contribution in [3.05, 3.63) is 22.7 Å². The zero-order valence-electron chi connectivity index (χ0n) is 7.87. The zero-order chi connectivity index (χ0) is 10.8. The summed E-state index contributed by atoms with van der Waals surface area (Å²) in [6, 6.07) is 5.46. The lowest BCUT2D eigenvalue weighted by Crippen LogP contribution is -2.33. The molecule has 0 saturated heterocycles. The van der Waals surface area contributed by atoms with Crippen LogP contribution in [0.2, 0.25) is 0 Å². The maximum Gasteiger partial charge on any atom is 0.305 e. The van der Waals surface area contributed by atoms with Gasteiger partial charge in [-0.2, -0.15) is 0 Å². The first-order valence-corrected chi connectivity index (χ1v) is 5.35. The van der Waals surface area contributed by atoms with Crippen molar-refractivity contribution in [1.29, 1.82) is 0 Å². The van der Waals surface area contributed by atoms with Gasteiger partial charge >= 0.3 is 5.97 Å². The highest BCUT2D eigenvalue weighted by Crippen LogP contribution is 2.32. The zero-order valence-corrected chi connectivity index (χ0v) is 9.45. The van der Waals surface area contributed by atoms with Crippen LogP contribution in [0.5, 0.6) is 5.75 Å². The fraction of sp³-hybridized carbons (Fsp3) is 0.300. The third-order valence-electron chi connectivity index (χ3n) is 2.16. The van der Waals surface area contributed by atoms with E-state index in [0.29, 0.717) is 6.61 Å². The predicted molar refractivity (Wildman–Crippen MR) is 59.3 cm³/mol. The van der Waals surface area contributed by atoms with E-state index in [1.807, 2.05) is 18.2 Å². The second kappa shape index (κ2) is 4.10. The van der Waals surface area contributed by atoms with E-state index < -0.39 is 5.97 Å². The minimum absolute atomic E-state index is 0.0650. The summed E-state index contributed by atoms with van der Waals surface area (Å²) in [6.07, 6.45) is 0.0650. The summed E-state index contributed by atoms with van der Waals surface area (Å²) in [5.74, 6) is -0.0670. The summed E-state index contributed by atoms with van der Waals surface area (Å²) in [6.45, 7) is 0.385. The van der Waals surface area contributed by atoms with Crippen molar-refractivity contribution in [1.82, 2.24) is 0 Å². The third kappa shape index (κ3) is 2.41. The van der Waals surface area contributed by atoms with Crippen molar-refractivity contribution in [2.75, 3.05) is 11.9 Å². The van der Waals surface area contributed by atoms with Gasteiger partial charge in [-0.1, -0.05) is 15.9 Å². The molecule has 0 spiro atoms. The summed E-state index contributed by atoms with van der Waals surface area (Å²) in [5.41, 5.74) is 0.843. The lowest BCUT2D eigenvalue weighted by molar-refractivity contribution is -0.137. The number of carboxylic acid groups (broad SMARTS) is 1. The quantitative estimate of drug-likeness (QED) is 0.865. The van der Waals surface area contributed by atoms with Crippen molar-refractivity contribution in [2.45, 2.75) is 12.5 Å². The monoisotopic (exact) mass is 271 g/mol. The molecule has 2 N–H and O–H groups in total. The van der Waals surface area contributed by atoms with Gasteiger partial charge in [0.2, 0.25) is 0 Å². The van der Waals surface area contributed by atoms with E-state index in [-0.39, 0.29) is 12.5 Å². The van der Waals surface area contributed by atoms with Gasteiger partial charge in [0.15, 0.2) is 0 Å². The standard InChI is InChI=1S/C10H10BrNO3/c11-6-1-2-8-9(3-6)15-5-7(12-8)4-10(13)14/h1-3,7,12H,4-5H2,(H,13,14)/t7-/m0/s1. The second-order valence-corrected chi connectivity index (χ2v) is 4.31. The minimum Gasteiger partial charge on any atom is -0.489 e. The smallest absolute Gasteiger partial charge is 0.305 e. The highest BCUT2D eigenvalue weighted by atomic mass is 79.9. The minimum atomic E-state index is -0.823. The van der Waals surface area contributed by atoms with Gasteiger partial charge in [-0.05, 0) is 18.2 Å². The van der Waals surface area contributed by atoms with Crippen molar-refractivity contribution >= 4 is 27.6 Å². The molecule has 0 fully saturated rings. The Morgan fingerprint density at radius 2 is 2.47 bits per heavy atom. The lowest BCUT2D eigenvalue weighted by Gasteiger charge is -2.26. The topological polar surface area (TPSA) is 58.6 Å². The van der Waals surface area contributed by atoms with Gasteiger partial charge in [-0.25, -0.2) is 0 Å². The van der Waals surface area contributed by atoms with Gasteiger partial charge in [-0.15, -0.1) is 0 Å². The molecule has 0 unspecified atom stereocenters. The summed E-state index contributed by atoms with van der Waals surface area (Å²) >= 11 is 3.34. The molecule has 15 heavy (non-hydrogen) atoms. The maximum atomic E-state index is 10.5. The number of hydrogen-bond donors (Lipinski definition) is 2. The Hall–Kier alpha value is -1.23. The Bertz CT molecular complexity index is 394. The number of hydrogen-bond acceptors (Lipinski definition) is 3. The Morgan fingerprint density at radius 3 is 3.20 bits per heavy atom. The fourth-order valence-electron chi connectivity index (χ4n) is 1.51. The van der Waals surface area contributed by atoms with Crippen LogP contribution in [-0.2, 0) is 4.79 Å². The number of rotatable bonds is 2. The van der Waals surface area contributed by atoms with Gasteiger partial charge < -0.3 is 15.2 Å². The van der Waals surface area contributed by atoms with E-state index >= 15 is 0 Å². The first kappa shape index (κ1) is 10.3. The van der Waals surface area contributed by atoms with E-state index in [9.17, 15) is 4.79 Å². The molecule has 0 saturated carbocycles. The van der Waals surface area contributed by atoms with Crippen LogP contribution in [0.1, 0.15) is 6.42 Å². The Kier molecular flexibility index (Phi) is 2.81. The number of aliphatic carboxylic acids is 1. The molecular weight excluding hydrogens is 262 g/mol. The maximum absolute atomic E-state index is 10.5. The highest BCUT2D eigenvalue weighted by molar-refractivity contribution is 9.10. The van der Waals surface area contributed by atoms with Crippen LogP contribution >= 0.6 is 15.9 Å². The van der Waals surface area contributed by atoms with Crippen LogP contribution in [0.4, 0.5) is 5.69 Å². The van der Waals surface area contributed by atoms with Crippen molar-refractivity contribution in [3.8, 4) is 5.75 Å².